The highest BCUT2D eigenvalue weighted by Crippen LogP contribution is 1.99. The number of carbonyl (C=O) groups is 2. The molecule has 1 N–H and O–H groups in total. The average molecular weight is 202 g/mol. The third-order valence-electron chi connectivity index (χ3n) is 1.77. The van der Waals surface area contributed by atoms with E-state index in [1.165, 1.54) is 0 Å². The van der Waals surface area contributed by atoms with Crippen molar-refractivity contribution in [3.8, 4) is 0 Å². The van der Waals surface area contributed by atoms with Gasteiger partial charge in [0.15, 0.2) is 5.78 Å². The van der Waals surface area contributed by atoms with E-state index in [2.05, 4.69) is 0 Å². The van der Waals surface area contributed by atoms with Crippen LogP contribution < -0.4 is 0 Å². The third kappa shape index (κ3) is 4.97. The summed E-state index contributed by atoms with van der Waals surface area (Å²) >= 11 is 0. The van der Waals surface area contributed by atoms with Gasteiger partial charge in [-0.3, -0.25) is 4.79 Å². The van der Waals surface area contributed by atoms with Crippen LogP contribution in [-0.2, 0) is 14.3 Å². The maximum Gasteiger partial charge on any atom is 0.342 e. The molecule has 0 aromatic rings. The standard InChI is InChI=1S/C10H18O4/c1-3-5-7-14-10(13)9(12)8(11)6-4-2/h9,12H,3-7H2,1-2H3. The topological polar surface area (TPSA) is 63.6 Å². The van der Waals surface area contributed by atoms with Crippen molar-refractivity contribution in [2.24, 2.45) is 0 Å². The molecule has 0 bridgehead atoms. The molecule has 1 atom stereocenters. The highest BCUT2D eigenvalue weighted by Gasteiger charge is 2.23. The smallest absolute Gasteiger partial charge is 0.342 e. The second-order valence-electron chi connectivity index (χ2n) is 3.14. The SMILES string of the molecule is CCCCOC(=O)C(O)C(=O)CCC. The van der Waals surface area contributed by atoms with Crippen molar-refractivity contribution in [3.05, 3.63) is 0 Å². The lowest BCUT2D eigenvalue weighted by atomic mass is 10.1. The van der Waals surface area contributed by atoms with E-state index >= 15 is 0 Å². The summed E-state index contributed by atoms with van der Waals surface area (Å²) in [5.74, 6) is -1.29. The number of ether oxygens (including phenoxy) is 1. The quantitative estimate of drug-likeness (QED) is 0.381. The number of aliphatic hydroxyl groups is 1. The zero-order chi connectivity index (χ0) is 11.0. The van der Waals surface area contributed by atoms with Gasteiger partial charge in [0, 0.05) is 6.42 Å². The Labute approximate surface area is 84.3 Å². The van der Waals surface area contributed by atoms with Gasteiger partial charge >= 0.3 is 5.97 Å². The molecule has 0 aromatic heterocycles. The summed E-state index contributed by atoms with van der Waals surface area (Å²) in [6.45, 7) is 4.05. The minimum absolute atomic E-state index is 0.212. The molecule has 0 saturated carbocycles. The minimum Gasteiger partial charge on any atom is -0.463 e. The lowest BCUT2D eigenvalue weighted by Gasteiger charge is -2.08. The maximum absolute atomic E-state index is 11.1. The van der Waals surface area contributed by atoms with Crippen LogP contribution in [0.5, 0.6) is 0 Å². The van der Waals surface area contributed by atoms with E-state index in [0.717, 1.165) is 12.8 Å². The zero-order valence-corrected chi connectivity index (χ0v) is 8.78. The molecule has 82 valence electrons. The molecular formula is C10H18O4. The Morgan fingerprint density at radius 3 is 2.43 bits per heavy atom. The van der Waals surface area contributed by atoms with Gasteiger partial charge in [0.2, 0.25) is 6.10 Å². The average Bonchev–Trinajstić information content (AvgIpc) is 2.17. The number of rotatable bonds is 7. The highest BCUT2D eigenvalue weighted by atomic mass is 16.5. The lowest BCUT2D eigenvalue weighted by Crippen LogP contribution is -2.31. The Morgan fingerprint density at radius 1 is 1.29 bits per heavy atom. The molecule has 0 amide bonds. The fourth-order valence-corrected chi connectivity index (χ4v) is 0.911. The number of esters is 1. The number of hydrogen-bond acceptors (Lipinski definition) is 4. The van der Waals surface area contributed by atoms with E-state index in [-0.39, 0.29) is 13.0 Å². The molecule has 0 radical (unpaired) electrons. The van der Waals surface area contributed by atoms with E-state index in [0.29, 0.717) is 6.42 Å². The Kier molecular flexibility index (Phi) is 7.02. The first kappa shape index (κ1) is 13.1. The molecule has 0 rings (SSSR count). The maximum atomic E-state index is 11.1. The van der Waals surface area contributed by atoms with Gasteiger partial charge in [0.05, 0.1) is 6.61 Å². The highest BCUT2D eigenvalue weighted by molar-refractivity contribution is 6.01. The van der Waals surface area contributed by atoms with Crippen molar-refractivity contribution in [1.29, 1.82) is 0 Å². The van der Waals surface area contributed by atoms with Crippen LogP contribution >= 0.6 is 0 Å². The first-order valence-corrected chi connectivity index (χ1v) is 5.00. The van der Waals surface area contributed by atoms with Gasteiger partial charge < -0.3 is 9.84 Å². The number of aliphatic hydroxyl groups excluding tert-OH is 1. The molecule has 0 saturated heterocycles. The summed E-state index contributed by atoms with van der Waals surface area (Å²) in [5.41, 5.74) is 0. The Balaban J connectivity index is 3.80. The van der Waals surface area contributed by atoms with Crippen molar-refractivity contribution < 1.29 is 19.4 Å². The van der Waals surface area contributed by atoms with Crippen molar-refractivity contribution >= 4 is 11.8 Å². The molecule has 0 aromatic carbocycles. The predicted molar refractivity (Wildman–Crippen MR) is 51.8 cm³/mol. The second kappa shape index (κ2) is 7.50. The van der Waals surface area contributed by atoms with Gasteiger partial charge in [0.25, 0.3) is 0 Å². The van der Waals surface area contributed by atoms with Crippen LogP contribution in [0.15, 0.2) is 0 Å². The van der Waals surface area contributed by atoms with Gasteiger partial charge in [-0.15, -0.1) is 0 Å². The van der Waals surface area contributed by atoms with Crippen molar-refractivity contribution in [2.75, 3.05) is 6.61 Å². The Morgan fingerprint density at radius 2 is 1.93 bits per heavy atom. The molecule has 0 fully saturated rings. The number of ketones is 1. The summed E-state index contributed by atoms with van der Waals surface area (Å²) in [6, 6.07) is 0. The van der Waals surface area contributed by atoms with Crippen LogP contribution in [0.1, 0.15) is 39.5 Å². The molecule has 0 aliphatic carbocycles. The van der Waals surface area contributed by atoms with Gasteiger partial charge in [-0.1, -0.05) is 20.3 Å². The molecule has 14 heavy (non-hydrogen) atoms. The number of unbranched alkanes of at least 4 members (excludes halogenated alkanes) is 1. The van der Waals surface area contributed by atoms with Crippen molar-refractivity contribution in [2.45, 2.75) is 45.6 Å². The summed E-state index contributed by atoms with van der Waals surface area (Å²) in [5, 5.41) is 9.19. The number of hydrogen-bond donors (Lipinski definition) is 1. The van der Waals surface area contributed by atoms with Crippen LogP contribution in [0.25, 0.3) is 0 Å². The van der Waals surface area contributed by atoms with E-state index in [1.54, 1.807) is 0 Å². The molecular weight excluding hydrogens is 184 g/mol. The number of carbonyl (C=O) groups excluding carboxylic acids is 2. The van der Waals surface area contributed by atoms with E-state index in [4.69, 9.17) is 4.74 Å². The van der Waals surface area contributed by atoms with Gasteiger partial charge in [0.1, 0.15) is 0 Å². The first-order valence-electron chi connectivity index (χ1n) is 5.00. The van der Waals surface area contributed by atoms with Gasteiger partial charge in [-0.25, -0.2) is 4.79 Å². The zero-order valence-electron chi connectivity index (χ0n) is 8.78. The third-order valence-corrected chi connectivity index (χ3v) is 1.77. The van der Waals surface area contributed by atoms with Gasteiger partial charge in [-0.2, -0.15) is 0 Å². The van der Waals surface area contributed by atoms with Gasteiger partial charge in [-0.05, 0) is 12.8 Å². The first-order chi connectivity index (χ1) is 6.63. The Hall–Kier alpha value is -0.900. The van der Waals surface area contributed by atoms with Crippen LogP contribution in [0.2, 0.25) is 0 Å². The van der Waals surface area contributed by atoms with Crippen molar-refractivity contribution in [1.82, 2.24) is 0 Å². The van der Waals surface area contributed by atoms with Crippen LogP contribution in [0, 0.1) is 0 Å². The molecule has 4 heteroatoms. The summed E-state index contributed by atoms with van der Waals surface area (Å²) < 4.78 is 4.70. The largest absolute Gasteiger partial charge is 0.463 e. The molecule has 1 unspecified atom stereocenters. The Bertz CT molecular complexity index is 189. The molecule has 0 aliphatic rings. The second-order valence-corrected chi connectivity index (χ2v) is 3.14. The van der Waals surface area contributed by atoms with Crippen molar-refractivity contribution in [3.63, 3.8) is 0 Å². The molecule has 4 nitrogen and oxygen atoms in total. The number of Topliss-reactive ketones (excluding diaryl/α,β-unsaturated/α-hetero) is 1. The predicted octanol–water partition coefficient (Wildman–Crippen LogP) is 1.06. The van der Waals surface area contributed by atoms with Crippen LogP contribution in [-0.4, -0.2) is 29.6 Å². The fraction of sp³-hybridized carbons (Fsp3) is 0.800. The normalized spacial score (nSPS) is 12.2. The van der Waals surface area contributed by atoms with E-state index in [9.17, 15) is 14.7 Å². The van der Waals surface area contributed by atoms with E-state index < -0.39 is 17.9 Å². The minimum atomic E-state index is -1.59. The van der Waals surface area contributed by atoms with Crippen LogP contribution in [0.3, 0.4) is 0 Å². The summed E-state index contributed by atoms with van der Waals surface area (Å²) in [7, 11) is 0. The molecule has 0 heterocycles. The fourth-order valence-electron chi connectivity index (χ4n) is 0.911. The monoisotopic (exact) mass is 202 g/mol. The molecule has 0 spiro atoms. The summed E-state index contributed by atoms with van der Waals surface area (Å²) in [6.07, 6.45) is 0.904. The lowest BCUT2D eigenvalue weighted by molar-refractivity contribution is -0.157. The van der Waals surface area contributed by atoms with Crippen LogP contribution in [0.4, 0.5) is 0 Å². The van der Waals surface area contributed by atoms with E-state index in [1.807, 2.05) is 13.8 Å². The summed E-state index contributed by atoms with van der Waals surface area (Å²) in [4.78, 5) is 22.1. The molecule has 0 aliphatic heterocycles.